The van der Waals surface area contributed by atoms with Crippen LogP contribution in [-0.4, -0.2) is 34.9 Å². The van der Waals surface area contributed by atoms with Crippen LogP contribution in [0.5, 0.6) is 0 Å². The van der Waals surface area contributed by atoms with Crippen molar-refractivity contribution in [3.8, 4) is 11.3 Å². The van der Waals surface area contributed by atoms with E-state index in [4.69, 9.17) is 0 Å². The van der Waals surface area contributed by atoms with Crippen molar-refractivity contribution < 1.29 is 13.2 Å². The third-order valence-electron chi connectivity index (χ3n) is 3.31. The number of carbonyl (C=O) groups is 1. The maximum atomic E-state index is 12.4. The third-order valence-corrected chi connectivity index (χ3v) is 4.88. The van der Waals surface area contributed by atoms with Gasteiger partial charge < -0.3 is 5.32 Å². The van der Waals surface area contributed by atoms with Gasteiger partial charge in [-0.2, -0.15) is 4.37 Å². The molecule has 1 amide bonds. The zero-order valence-electron chi connectivity index (χ0n) is 13.4. The normalized spacial score (nSPS) is 11.3. The molecule has 3 aromatic rings. The number of hydrogen-bond acceptors (Lipinski definition) is 7. The van der Waals surface area contributed by atoms with Gasteiger partial charge in [-0.15, -0.1) is 0 Å². The summed E-state index contributed by atoms with van der Waals surface area (Å²) in [6.45, 7) is 1.64. The molecule has 0 aliphatic carbocycles. The molecule has 0 radical (unpaired) electrons. The number of aryl methyl sites for hydroxylation is 1. The molecule has 9 heteroatoms. The molecule has 0 atom stereocenters. The second kappa shape index (κ2) is 6.69. The van der Waals surface area contributed by atoms with E-state index >= 15 is 0 Å². The smallest absolute Gasteiger partial charge is 0.275 e. The van der Waals surface area contributed by atoms with E-state index in [-0.39, 0.29) is 10.9 Å². The average molecular weight is 374 g/mol. The minimum atomic E-state index is -3.59. The number of nitrogens with one attached hydrogen (secondary N) is 1. The van der Waals surface area contributed by atoms with Crippen LogP contribution in [0.1, 0.15) is 16.1 Å². The lowest BCUT2D eigenvalue weighted by molar-refractivity contribution is 0.102. The SMILES string of the molecule is Cc1cnc(S(C)(=O)=O)nc1C(=O)Nc1cc(-c2ccccc2)ns1. The highest BCUT2D eigenvalue weighted by atomic mass is 32.2. The van der Waals surface area contributed by atoms with Gasteiger partial charge in [-0.05, 0) is 24.0 Å². The first-order chi connectivity index (χ1) is 11.8. The number of aromatic nitrogens is 3. The van der Waals surface area contributed by atoms with Crippen LogP contribution in [0.25, 0.3) is 11.3 Å². The third kappa shape index (κ3) is 3.89. The fraction of sp³-hybridized carbons (Fsp3) is 0.125. The monoisotopic (exact) mass is 374 g/mol. The highest BCUT2D eigenvalue weighted by Crippen LogP contribution is 2.25. The highest BCUT2D eigenvalue weighted by molar-refractivity contribution is 7.90. The van der Waals surface area contributed by atoms with Crippen LogP contribution in [0.2, 0.25) is 0 Å². The zero-order chi connectivity index (χ0) is 18.0. The molecule has 0 saturated heterocycles. The minimum Gasteiger partial charge on any atom is -0.311 e. The molecule has 25 heavy (non-hydrogen) atoms. The summed E-state index contributed by atoms with van der Waals surface area (Å²) < 4.78 is 27.5. The standard InChI is InChI=1S/C16H14N4O3S2/c1-10-9-17-16(25(2,22)23)19-14(10)15(21)18-13-8-12(20-24-13)11-6-4-3-5-7-11/h3-9H,1-2H3,(H,18,21). The Hall–Kier alpha value is -2.65. The summed E-state index contributed by atoms with van der Waals surface area (Å²) in [5.74, 6) is -0.506. The van der Waals surface area contributed by atoms with E-state index in [1.165, 1.54) is 6.20 Å². The van der Waals surface area contributed by atoms with Crippen molar-refractivity contribution in [2.75, 3.05) is 11.6 Å². The predicted molar refractivity (Wildman–Crippen MR) is 95.4 cm³/mol. The van der Waals surface area contributed by atoms with E-state index in [2.05, 4.69) is 19.7 Å². The Labute approximate surface area is 148 Å². The summed E-state index contributed by atoms with van der Waals surface area (Å²) in [5.41, 5.74) is 2.19. The van der Waals surface area contributed by atoms with Crippen molar-refractivity contribution in [2.24, 2.45) is 0 Å². The van der Waals surface area contributed by atoms with Gasteiger partial charge in [-0.25, -0.2) is 18.4 Å². The number of hydrogen-bond donors (Lipinski definition) is 1. The van der Waals surface area contributed by atoms with Crippen LogP contribution in [0.3, 0.4) is 0 Å². The Morgan fingerprint density at radius 1 is 1.20 bits per heavy atom. The molecule has 0 spiro atoms. The molecule has 2 heterocycles. The first kappa shape index (κ1) is 17.2. The quantitative estimate of drug-likeness (QED) is 0.704. The number of nitrogens with zero attached hydrogens (tertiary/aromatic N) is 3. The Morgan fingerprint density at radius 3 is 2.60 bits per heavy atom. The lowest BCUT2D eigenvalue weighted by Gasteiger charge is -2.06. The largest absolute Gasteiger partial charge is 0.311 e. The topological polar surface area (TPSA) is 102 Å². The van der Waals surface area contributed by atoms with Crippen LogP contribution in [-0.2, 0) is 9.84 Å². The van der Waals surface area contributed by atoms with E-state index in [1.54, 1.807) is 13.0 Å². The molecule has 0 saturated carbocycles. The minimum absolute atomic E-state index is 0.0186. The fourth-order valence-corrected chi connectivity index (χ4v) is 3.24. The van der Waals surface area contributed by atoms with Crippen LogP contribution in [0, 0.1) is 6.92 Å². The molecule has 7 nitrogen and oxygen atoms in total. The van der Waals surface area contributed by atoms with Gasteiger partial charge in [0.15, 0.2) is 0 Å². The van der Waals surface area contributed by atoms with Gasteiger partial charge >= 0.3 is 0 Å². The van der Waals surface area contributed by atoms with Gasteiger partial charge in [0.05, 0.1) is 5.69 Å². The summed E-state index contributed by atoms with van der Waals surface area (Å²) in [6.07, 6.45) is 2.31. The second-order valence-electron chi connectivity index (χ2n) is 5.35. The molecule has 0 fully saturated rings. The van der Waals surface area contributed by atoms with Gasteiger partial charge in [-0.1, -0.05) is 30.3 Å². The second-order valence-corrected chi connectivity index (χ2v) is 8.07. The molecule has 0 aliphatic heterocycles. The van der Waals surface area contributed by atoms with Gasteiger partial charge in [0, 0.05) is 24.1 Å². The van der Waals surface area contributed by atoms with E-state index in [1.807, 2.05) is 30.3 Å². The average Bonchev–Trinajstić information content (AvgIpc) is 3.03. The summed E-state index contributed by atoms with van der Waals surface area (Å²) in [7, 11) is -3.59. The van der Waals surface area contributed by atoms with Crippen molar-refractivity contribution >= 4 is 32.3 Å². The van der Waals surface area contributed by atoms with Crippen molar-refractivity contribution in [1.29, 1.82) is 0 Å². The van der Waals surface area contributed by atoms with Crippen molar-refractivity contribution in [2.45, 2.75) is 12.1 Å². The lowest BCUT2D eigenvalue weighted by atomic mass is 10.1. The van der Waals surface area contributed by atoms with Gasteiger partial charge in [0.25, 0.3) is 5.91 Å². The number of rotatable bonds is 4. The van der Waals surface area contributed by atoms with E-state index in [9.17, 15) is 13.2 Å². The van der Waals surface area contributed by atoms with E-state index < -0.39 is 15.7 Å². The Kier molecular flexibility index (Phi) is 4.60. The molecule has 1 N–H and O–H groups in total. The van der Waals surface area contributed by atoms with Crippen molar-refractivity contribution in [3.63, 3.8) is 0 Å². The summed E-state index contributed by atoms with van der Waals surface area (Å²) in [6, 6.07) is 11.3. The van der Waals surface area contributed by atoms with Crippen LogP contribution in [0.4, 0.5) is 5.00 Å². The van der Waals surface area contributed by atoms with E-state index in [0.29, 0.717) is 10.6 Å². The van der Waals surface area contributed by atoms with Crippen LogP contribution >= 0.6 is 11.5 Å². The first-order valence-corrected chi connectivity index (χ1v) is 9.88. The zero-order valence-corrected chi connectivity index (χ0v) is 15.1. The molecular formula is C16H14N4O3S2. The number of sulfone groups is 1. The molecule has 0 unspecified atom stereocenters. The van der Waals surface area contributed by atoms with E-state index in [0.717, 1.165) is 29.0 Å². The fourth-order valence-electron chi connectivity index (χ4n) is 2.08. The van der Waals surface area contributed by atoms with Gasteiger partial charge in [0.2, 0.25) is 15.0 Å². The highest BCUT2D eigenvalue weighted by Gasteiger charge is 2.18. The molecule has 3 rings (SSSR count). The van der Waals surface area contributed by atoms with Crippen molar-refractivity contribution in [3.05, 3.63) is 53.9 Å². The Balaban J connectivity index is 1.85. The molecule has 0 aliphatic rings. The first-order valence-electron chi connectivity index (χ1n) is 7.22. The van der Waals surface area contributed by atoms with Gasteiger partial charge in [-0.3, -0.25) is 4.79 Å². The summed E-state index contributed by atoms with van der Waals surface area (Å²) in [5, 5.41) is 2.87. The maximum absolute atomic E-state index is 12.4. The number of anilines is 1. The molecule has 0 bridgehead atoms. The van der Waals surface area contributed by atoms with Crippen LogP contribution in [0.15, 0.2) is 47.8 Å². The Bertz CT molecular complexity index is 1030. The maximum Gasteiger partial charge on any atom is 0.275 e. The van der Waals surface area contributed by atoms with Crippen LogP contribution < -0.4 is 5.32 Å². The molecule has 128 valence electrons. The Morgan fingerprint density at radius 2 is 1.92 bits per heavy atom. The number of benzene rings is 1. The molecule has 2 aromatic heterocycles. The lowest BCUT2D eigenvalue weighted by Crippen LogP contribution is -2.17. The van der Waals surface area contributed by atoms with Gasteiger partial charge in [0.1, 0.15) is 10.7 Å². The predicted octanol–water partition coefficient (Wildman–Crippen LogP) is 2.56. The molecular weight excluding hydrogens is 360 g/mol. The number of carbonyl (C=O) groups excluding carboxylic acids is 1. The number of amides is 1. The van der Waals surface area contributed by atoms with Crippen molar-refractivity contribution in [1.82, 2.24) is 14.3 Å². The molecule has 1 aromatic carbocycles. The summed E-state index contributed by atoms with van der Waals surface area (Å²) in [4.78, 5) is 20.1. The summed E-state index contributed by atoms with van der Waals surface area (Å²) >= 11 is 1.14.